The molecule has 0 spiro atoms. The van der Waals surface area contributed by atoms with Crippen LogP contribution in [-0.4, -0.2) is 12.2 Å². The van der Waals surface area contributed by atoms with Gasteiger partial charge in [0.2, 0.25) is 0 Å². The first-order valence-electron chi connectivity index (χ1n) is 6.12. The number of rotatable bonds is 1. The van der Waals surface area contributed by atoms with Gasteiger partial charge in [0.25, 0.3) is 0 Å². The van der Waals surface area contributed by atoms with Gasteiger partial charge in [-0.3, -0.25) is 0 Å². The predicted octanol–water partition coefficient (Wildman–Crippen LogP) is 3.15. The van der Waals surface area contributed by atoms with Gasteiger partial charge < -0.3 is 9.47 Å². The summed E-state index contributed by atoms with van der Waals surface area (Å²) >= 11 is 0. The van der Waals surface area contributed by atoms with Gasteiger partial charge in [0.05, 0.1) is 6.26 Å². The highest BCUT2D eigenvalue weighted by Crippen LogP contribution is 2.38. The number of allylic oxidation sites excluding steroid dienone is 2. The van der Waals surface area contributed by atoms with E-state index in [1.807, 2.05) is 6.08 Å². The van der Waals surface area contributed by atoms with Crippen molar-refractivity contribution in [2.24, 2.45) is 5.92 Å². The Kier molecular flexibility index (Phi) is 2.43. The summed E-state index contributed by atoms with van der Waals surface area (Å²) in [6, 6.07) is 0. The molecule has 0 bridgehead atoms. The number of ether oxygens (including phenoxy) is 2. The van der Waals surface area contributed by atoms with Crippen molar-refractivity contribution in [1.29, 1.82) is 0 Å². The van der Waals surface area contributed by atoms with Crippen LogP contribution < -0.4 is 0 Å². The predicted molar refractivity (Wildman–Crippen MR) is 58.2 cm³/mol. The Morgan fingerprint density at radius 1 is 1.13 bits per heavy atom. The van der Waals surface area contributed by atoms with Gasteiger partial charge in [0, 0.05) is 6.42 Å². The summed E-state index contributed by atoms with van der Waals surface area (Å²) in [4.78, 5) is 0. The normalized spacial score (nSPS) is 35.3. The van der Waals surface area contributed by atoms with Crippen LogP contribution in [-0.2, 0) is 9.47 Å². The van der Waals surface area contributed by atoms with Crippen molar-refractivity contribution < 1.29 is 9.47 Å². The average Bonchev–Trinajstić information content (AvgIpc) is 2.74. The summed E-state index contributed by atoms with van der Waals surface area (Å²) in [6.45, 7) is 0. The summed E-state index contributed by atoms with van der Waals surface area (Å²) < 4.78 is 11.5. The number of hydrogen-bond acceptors (Lipinski definition) is 2. The molecule has 2 heterocycles. The van der Waals surface area contributed by atoms with Crippen molar-refractivity contribution in [2.75, 3.05) is 0 Å². The van der Waals surface area contributed by atoms with E-state index in [0.717, 1.165) is 18.1 Å². The quantitative estimate of drug-likeness (QED) is 0.656. The highest BCUT2D eigenvalue weighted by Gasteiger charge is 2.37. The third-order valence-corrected chi connectivity index (χ3v) is 3.81. The highest BCUT2D eigenvalue weighted by molar-refractivity contribution is 5.18. The third kappa shape index (κ3) is 1.77. The van der Waals surface area contributed by atoms with Gasteiger partial charge in [-0.25, -0.2) is 0 Å². The lowest BCUT2D eigenvalue weighted by Crippen LogP contribution is -2.22. The molecule has 2 atom stereocenters. The molecule has 3 rings (SSSR count). The lowest BCUT2D eigenvalue weighted by molar-refractivity contribution is 0.0808. The lowest BCUT2D eigenvalue weighted by Gasteiger charge is -2.26. The first-order valence-corrected chi connectivity index (χ1v) is 6.12. The second-order valence-corrected chi connectivity index (χ2v) is 4.81. The first-order chi connectivity index (χ1) is 7.43. The van der Waals surface area contributed by atoms with Gasteiger partial charge in [0.15, 0.2) is 6.10 Å². The molecule has 1 saturated heterocycles. The van der Waals surface area contributed by atoms with Crippen LogP contribution in [0.1, 0.15) is 38.5 Å². The van der Waals surface area contributed by atoms with E-state index in [4.69, 9.17) is 9.47 Å². The van der Waals surface area contributed by atoms with Crippen LogP contribution in [0.5, 0.6) is 0 Å². The lowest BCUT2D eigenvalue weighted by atomic mass is 9.84. The zero-order valence-electron chi connectivity index (χ0n) is 9.02. The molecule has 15 heavy (non-hydrogen) atoms. The molecule has 0 amide bonds. The van der Waals surface area contributed by atoms with Gasteiger partial charge in [-0.1, -0.05) is 19.3 Å². The van der Waals surface area contributed by atoms with Gasteiger partial charge in [-0.05, 0) is 30.9 Å². The van der Waals surface area contributed by atoms with Crippen molar-refractivity contribution in [2.45, 2.75) is 50.7 Å². The van der Waals surface area contributed by atoms with E-state index in [0.29, 0.717) is 6.10 Å². The fraction of sp³-hybridized carbons (Fsp3) is 0.692. The molecule has 82 valence electrons. The Bertz CT molecular complexity index is 287. The minimum absolute atomic E-state index is 0.210. The van der Waals surface area contributed by atoms with Crippen molar-refractivity contribution in [3.63, 3.8) is 0 Å². The Balaban J connectivity index is 1.65. The summed E-state index contributed by atoms with van der Waals surface area (Å²) in [7, 11) is 0. The minimum Gasteiger partial charge on any atom is -0.490 e. The molecule has 2 nitrogen and oxygen atoms in total. The largest absolute Gasteiger partial charge is 0.490 e. The van der Waals surface area contributed by atoms with E-state index in [1.165, 1.54) is 32.1 Å². The highest BCUT2D eigenvalue weighted by atomic mass is 16.6. The third-order valence-electron chi connectivity index (χ3n) is 3.81. The van der Waals surface area contributed by atoms with Gasteiger partial charge >= 0.3 is 0 Å². The van der Waals surface area contributed by atoms with E-state index in [2.05, 4.69) is 6.08 Å². The van der Waals surface area contributed by atoms with Crippen LogP contribution in [0, 0.1) is 5.92 Å². The standard InChI is InChI=1S/C13H18O2/c1-2-5-10(6-3-1)12-9-13-11(15-12)7-4-8-14-13/h4,7-8,10,12-13H,1-3,5-6,9H2. The average molecular weight is 206 g/mol. The Morgan fingerprint density at radius 3 is 2.80 bits per heavy atom. The summed E-state index contributed by atoms with van der Waals surface area (Å²) in [6.07, 6.45) is 14.3. The van der Waals surface area contributed by atoms with E-state index < -0.39 is 0 Å². The molecule has 1 aliphatic carbocycles. The zero-order valence-corrected chi connectivity index (χ0v) is 9.02. The molecule has 2 aliphatic heterocycles. The van der Waals surface area contributed by atoms with Crippen molar-refractivity contribution in [3.05, 3.63) is 24.2 Å². The van der Waals surface area contributed by atoms with Crippen LogP contribution in [0.25, 0.3) is 0 Å². The van der Waals surface area contributed by atoms with Crippen molar-refractivity contribution in [1.82, 2.24) is 0 Å². The van der Waals surface area contributed by atoms with Gasteiger partial charge in [-0.15, -0.1) is 0 Å². The van der Waals surface area contributed by atoms with E-state index in [-0.39, 0.29) is 6.10 Å². The Hall–Kier alpha value is -0.920. The van der Waals surface area contributed by atoms with Crippen LogP contribution in [0.4, 0.5) is 0 Å². The molecule has 0 aromatic carbocycles. The van der Waals surface area contributed by atoms with Crippen LogP contribution in [0.15, 0.2) is 24.2 Å². The van der Waals surface area contributed by atoms with E-state index in [9.17, 15) is 0 Å². The molecule has 2 heteroatoms. The van der Waals surface area contributed by atoms with Crippen molar-refractivity contribution >= 4 is 0 Å². The maximum atomic E-state index is 5.99. The number of hydrogen-bond donors (Lipinski definition) is 0. The Labute approximate surface area is 90.9 Å². The molecule has 1 saturated carbocycles. The second kappa shape index (κ2) is 3.92. The topological polar surface area (TPSA) is 18.5 Å². The van der Waals surface area contributed by atoms with Crippen LogP contribution in [0.2, 0.25) is 0 Å². The molecular formula is C13H18O2. The summed E-state index contributed by atoms with van der Waals surface area (Å²) in [5.41, 5.74) is 0. The first kappa shape index (κ1) is 9.32. The maximum Gasteiger partial charge on any atom is 0.158 e. The summed E-state index contributed by atoms with van der Waals surface area (Å²) in [5, 5.41) is 0. The SMILES string of the molecule is C1=COC2CC(C3CCCCC3)OC2=C1. The second-order valence-electron chi connectivity index (χ2n) is 4.81. The molecule has 0 radical (unpaired) electrons. The molecule has 3 aliphatic rings. The molecule has 0 N–H and O–H groups in total. The smallest absolute Gasteiger partial charge is 0.158 e. The molecule has 2 fully saturated rings. The summed E-state index contributed by atoms with van der Waals surface area (Å²) in [5.74, 6) is 1.82. The van der Waals surface area contributed by atoms with Gasteiger partial charge in [-0.2, -0.15) is 0 Å². The molecule has 2 unspecified atom stereocenters. The molecular weight excluding hydrogens is 188 g/mol. The zero-order chi connectivity index (χ0) is 10.1. The molecule has 0 aromatic rings. The number of fused-ring (bicyclic) bond motifs is 1. The van der Waals surface area contributed by atoms with Crippen molar-refractivity contribution in [3.8, 4) is 0 Å². The van der Waals surface area contributed by atoms with Crippen LogP contribution >= 0.6 is 0 Å². The minimum atomic E-state index is 0.210. The molecule has 0 aromatic heterocycles. The Morgan fingerprint density at radius 2 is 2.00 bits per heavy atom. The van der Waals surface area contributed by atoms with Crippen LogP contribution in [0.3, 0.4) is 0 Å². The fourth-order valence-corrected chi connectivity index (χ4v) is 2.96. The van der Waals surface area contributed by atoms with E-state index in [1.54, 1.807) is 6.26 Å². The maximum absolute atomic E-state index is 5.99. The van der Waals surface area contributed by atoms with E-state index >= 15 is 0 Å². The fourth-order valence-electron chi connectivity index (χ4n) is 2.96. The monoisotopic (exact) mass is 206 g/mol. The van der Waals surface area contributed by atoms with Gasteiger partial charge in [0.1, 0.15) is 11.9 Å².